The number of amides is 1. The van der Waals surface area contributed by atoms with Gasteiger partial charge in [0.1, 0.15) is 0 Å². The van der Waals surface area contributed by atoms with Crippen molar-refractivity contribution in [1.29, 1.82) is 0 Å². The molecule has 0 aromatic carbocycles. The quantitative estimate of drug-likeness (QED) is 0.740. The number of likely N-dealkylation sites (tertiary alicyclic amines) is 1. The van der Waals surface area contributed by atoms with Gasteiger partial charge in [0.2, 0.25) is 0 Å². The van der Waals surface area contributed by atoms with Gasteiger partial charge in [-0.15, -0.1) is 0 Å². The fourth-order valence-electron chi connectivity index (χ4n) is 3.15. The minimum absolute atomic E-state index is 0.0836. The molecule has 4 heterocycles. The molecule has 23 heavy (non-hydrogen) atoms. The van der Waals surface area contributed by atoms with Crippen LogP contribution in [0.3, 0.4) is 0 Å². The standard InChI is InChI=1S/C15H16N6O2/c22-14(10-9-16-21-8-4-2-5-11(10)21)20-7-3-1-6-12(20)13-17-15(23)19-18-13/h2,4-5,8-9,12H,1,3,6-7H2,(H2,17,18,19,23)/t12-/m1/s1. The summed E-state index contributed by atoms with van der Waals surface area (Å²) in [6, 6.07) is 5.41. The minimum Gasteiger partial charge on any atom is -0.328 e. The second-order valence-corrected chi connectivity index (χ2v) is 5.66. The molecule has 8 heteroatoms. The van der Waals surface area contributed by atoms with E-state index in [1.807, 2.05) is 24.4 Å². The van der Waals surface area contributed by atoms with Crippen molar-refractivity contribution >= 4 is 11.4 Å². The number of nitrogens with one attached hydrogen (secondary N) is 2. The van der Waals surface area contributed by atoms with E-state index in [2.05, 4.69) is 20.3 Å². The molecule has 0 radical (unpaired) electrons. The normalized spacial score (nSPS) is 18.4. The third-order valence-corrected chi connectivity index (χ3v) is 4.26. The Balaban J connectivity index is 1.72. The fourth-order valence-corrected chi connectivity index (χ4v) is 3.15. The smallest absolute Gasteiger partial charge is 0.328 e. The summed E-state index contributed by atoms with van der Waals surface area (Å²) in [5.41, 5.74) is 0.988. The minimum atomic E-state index is -0.353. The van der Waals surface area contributed by atoms with Crippen LogP contribution in [0.4, 0.5) is 0 Å². The van der Waals surface area contributed by atoms with Gasteiger partial charge >= 0.3 is 5.69 Å². The molecule has 0 spiro atoms. The topological polar surface area (TPSA) is 99.2 Å². The Labute approximate surface area is 131 Å². The van der Waals surface area contributed by atoms with Gasteiger partial charge < -0.3 is 4.90 Å². The number of aromatic amines is 2. The number of aromatic nitrogens is 5. The first-order chi connectivity index (χ1) is 11.2. The zero-order valence-corrected chi connectivity index (χ0v) is 12.4. The van der Waals surface area contributed by atoms with E-state index in [0.29, 0.717) is 17.9 Å². The molecule has 1 fully saturated rings. The molecule has 1 atom stereocenters. The van der Waals surface area contributed by atoms with Gasteiger partial charge in [0.05, 0.1) is 23.3 Å². The van der Waals surface area contributed by atoms with Crippen LogP contribution < -0.4 is 5.69 Å². The molecule has 1 aliphatic rings. The lowest BCUT2D eigenvalue weighted by Crippen LogP contribution is -2.39. The van der Waals surface area contributed by atoms with E-state index in [-0.39, 0.29) is 17.6 Å². The van der Waals surface area contributed by atoms with E-state index >= 15 is 0 Å². The summed E-state index contributed by atoms with van der Waals surface area (Å²) >= 11 is 0. The van der Waals surface area contributed by atoms with E-state index in [1.54, 1.807) is 15.6 Å². The Morgan fingerprint density at radius 2 is 2.22 bits per heavy atom. The maximum absolute atomic E-state index is 13.0. The maximum Gasteiger partial charge on any atom is 0.340 e. The van der Waals surface area contributed by atoms with Crippen molar-refractivity contribution in [2.24, 2.45) is 0 Å². The second kappa shape index (κ2) is 5.38. The van der Waals surface area contributed by atoms with Crippen molar-refractivity contribution in [3.05, 3.63) is 52.5 Å². The highest BCUT2D eigenvalue weighted by Crippen LogP contribution is 2.30. The van der Waals surface area contributed by atoms with Gasteiger partial charge in [0, 0.05) is 12.7 Å². The molecule has 3 aromatic rings. The zero-order valence-electron chi connectivity index (χ0n) is 12.4. The highest BCUT2D eigenvalue weighted by atomic mass is 16.2. The van der Waals surface area contributed by atoms with Gasteiger partial charge in [-0.2, -0.15) is 10.2 Å². The van der Waals surface area contributed by atoms with Gasteiger partial charge in [0.15, 0.2) is 5.82 Å². The maximum atomic E-state index is 13.0. The summed E-state index contributed by atoms with van der Waals surface area (Å²) in [4.78, 5) is 28.8. The first kappa shape index (κ1) is 13.7. The number of nitrogens with zero attached hydrogens (tertiary/aromatic N) is 4. The van der Waals surface area contributed by atoms with Crippen LogP contribution in [0.25, 0.3) is 5.52 Å². The van der Waals surface area contributed by atoms with Crippen LogP contribution in [0, 0.1) is 0 Å². The van der Waals surface area contributed by atoms with Crippen molar-refractivity contribution < 1.29 is 4.79 Å². The Hall–Kier alpha value is -2.90. The predicted octanol–water partition coefficient (Wildman–Crippen LogP) is 1.11. The van der Waals surface area contributed by atoms with Crippen molar-refractivity contribution in [3.8, 4) is 0 Å². The summed E-state index contributed by atoms with van der Waals surface area (Å²) in [6.45, 7) is 0.641. The summed E-state index contributed by atoms with van der Waals surface area (Å²) in [5, 5.41) is 10.6. The molecule has 8 nitrogen and oxygen atoms in total. The number of carbonyl (C=O) groups is 1. The largest absolute Gasteiger partial charge is 0.340 e. The van der Waals surface area contributed by atoms with Gasteiger partial charge in [-0.25, -0.2) is 14.4 Å². The number of pyridine rings is 1. The number of hydrogen-bond donors (Lipinski definition) is 2. The highest BCUT2D eigenvalue weighted by molar-refractivity contribution is 6.00. The third-order valence-electron chi connectivity index (χ3n) is 4.26. The summed E-state index contributed by atoms with van der Waals surface area (Å²) in [7, 11) is 0. The lowest BCUT2D eigenvalue weighted by molar-refractivity contribution is 0.0602. The average Bonchev–Trinajstić information content (AvgIpc) is 3.20. The van der Waals surface area contributed by atoms with Crippen LogP contribution in [0.5, 0.6) is 0 Å². The molecule has 1 saturated heterocycles. The number of fused-ring (bicyclic) bond motifs is 1. The van der Waals surface area contributed by atoms with Gasteiger partial charge in [-0.1, -0.05) is 6.07 Å². The fraction of sp³-hybridized carbons (Fsp3) is 0.333. The number of piperidine rings is 1. The van der Waals surface area contributed by atoms with Gasteiger partial charge in [-0.3, -0.25) is 9.78 Å². The first-order valence-corrected chi connectivity index (χ1v) is 7.62. The van der Waals surface area contributed by atoms with E-state index in [1.165, 1.54) is 0 Å². The van der Waals surface area contributed by atoms with Crippen molar-refractivity contribution in [3.63, 3.8) is 0 Å². The molecule has 1 aliphatic heterocycles. The number of hydrogen-bond acceptors (Lipinski definition) is 4. The summed E-state index contributed by atoms with van der Waals surface area (Å²) in [5.74, 6) is 0.430. The van der Waals surface area contributed by atoms with Crippen molar-refractivity contribution in [2.45, 2.75) is 25.3 Å². The van der Waals surface area contributed by atoms with Crippen molar-refractivity contribution in [2.75, 3.05) is 6.54 Å². The van der Waals surface area contributed by atoms with Crippen LogP contribution in [0.15, 0.2) is 35.4 Å². The van der Waals surface area contributed by atoms with Crippen LogP contribution >= 0.6 is 0 Å². The Morgan fingerprint density at radius 1 is 1.30 bits per heavy atom. The molecular weight excluding hydrogens is 296 g/mol. The zero-order chi connectivity index (χ0) is 15.8. The highest BCUT2D eigenvalue weighted by Gasteiger charge is 2.32. The molecule has 3 aromatic heterocycles. The molecule has 2 N–H and O–H groups in total. The van der Waals surface area contributed by atoms with Crippen LogP contribution in [-0.4, -0.2) is 42.1 Å². The molecule has 0 unspecified atom stereocenters. The monoisotopic (exact) mass is 312 g/mol. The Morgan fingerprint density at radius 3 is 3.04 bits per heavy atom. The molecular formula is C15H16N6O2. The van der Waals surface area contributed by atoms with Crippen LogP contribution in [0.1, 0.15) is 41.5 Å². The Kier molecular flexibility index (Phi) is 3.22. The molecule has 0 bridgehead atoms. The van der Waals surface area contributed by atoms with Gasteiger partial charge in [0.25, 0.3) is 5.91 Å². The predicted molar refractivity (Wildman–Crippen MR) is 82.0 cm³/mol. The van der Waals surface area contributed by atoms with Crippen LogP contribution in [0.2, 0.25) is 0 Å². The molecule has 0 saturated carbocycles. The number of rotatable bonds is 2. The van der Waals surface area contributed by atoms with E-state index < -0.39 is 0 Å². The first-order valence-electron chi connectivity index (χ1n) is 7.62. The molecule has 1 amide bonds. The average molecular weight is 312 g/mol. The Bertz CT molecular complexity index is 908. The summed E-state index contributed by atoms with van der Waals surface area (Å²) in [6.07, 6.45) is 6.13. The molecule has 0 aliphatic carbocycles. The second-order valence-electron chi connectivity index (χ2n) is 5.66. The van der Waals surface area contributed by atoms with E-state index in [9.17, 15) is 9.59 Å². The molecule has 4 rings (SSSR count). The van der Waals surface area contributed by atoms with Crippen molar-refractivity contribution in [1.82, 2.24) is 29.7 Å². The number of H-pyrrole nitrogens is 2. The summed E-state index contributed by atoms with van der Waals surface area (Å²) < 4.78 is 1.68. The lowest BCUT2D eigenvalue weighted by Gasteiger charge is -2.34. The van der Waals surface area contributed by atoms with E-state index in [4.69, 9.17) is 0 Å². The number of carbonyl (C=O) groups excluding carboxylic acids is 1. The molecule has 118 valence electrons. The SMILES string of the molecule is O=C(c1cnn2ccccc12)N1CCCC[C@@H]1c1n[nH]c(=O)[nH]1. The van der Waals surface area contributed by atoms with Crippen LogP contribution in [-0.2, 0) is 0 Å². The lowest BCUT2D eigenvalue weighted by atomic mass is 10.0. The van der Waals surface area contributed by atoms with E-state index in [0.717, 1.165) is 24.8 Å². The third kappa shape index (κ3) is 2.32. The van der Waals surface area contributed by atoms with Gasteiger partial charge in [-0.05, 0) is 31.4 Å².